The van der Waals surface area contributed by atoms with Crippen LogP contribution in [-0.2, 0) is 11.3 Å². The van der Waals surface area contributed by atoms with E-state index in [0.717, 1.165) is 21.4 Å². The van der Waals surface area contributed by atoms with Gasteiger partial charge in [0.15, 0.2) is 0 Å². The molecule has 0 radical (unpaired) electrons. The number of nitrogens with zero attached hydrogens (tertiary/aromatic N) is 3. The van der Waals surface area contributed by atoms with Gasteiger partial charge in [-0.05, 0) is 61.4 Å². The van der Waals surface area contributed by atoms with E-state index < -0.39 is 5.69 Å². The van der Waals surface area contributed by atoms with E-state index in [1.54, 1.807) is 31.4 Å². The first kappa shape index (κ1) is 18.3. The van der Waals surface area contributed by atoms with E-state index in [0.29, 0.717) is 17.1 Å². The lowest BCUT2D eigenvalue weighted by Gasteiger charge is -2.09. The van der Waals surface area contributed by atoms with Gasteiger partial charge in [-0.1, -0.05) is 6.07 Å². The van der Waals surface area contributed by atoms with Crippen LogP contribution >= 0.6 is 0 Å². The van der Waals surface area contributed by atoms with Gasteiger partial charge in [0.25, 0.3) is 0 Å². The summed E-state index contributed by atoms with van der Waals surface area (Å²) in [5.41, 5.74) is 3.50. The van der Waals surface area contributed by atoms with Gasteiger partial charge in [-0.2, -0.15) is 10.1 Å². The van der Waals surface area contributed by atoms with E-state index >= 15 is 0 Å². The van der Waals surface area contributed by atoms with Crippen LogP contribution in [0.4, 0.5) is 5.69 Å². The number of aryl methyl sites for hydroxylation is 2. The summed E-state index contributed by atoms with van der Waals surface area (Å²) in [4.78, 5) is 28.4. The molecule has 3 aromatic rings. The van der Waals surface area contributed by atoms with Crippen LogP contribution in [0.25, 0.3) is 11.3 Å². The van der Waals surface area contributed by atoms with E-state index in [4.69, 9.17) is 4.74 Å². The van der Waals surface area contributed by atoms with E-state index in [2.05, 4.69) is 15.4 Å². The maximum absolute atomic E-state index is 12.2. The normalized spacial score (nSPS) is 10.5. The Morgan fingerprint density at radius 3 is 2.48 bits per heavy atom. The molecule has 1 N–H and O–H groups in total. The molecule has 2 aromatic carbocycles. The van der Waals surface area contributed by atoms with Crippen LogP contribution in [0.5, 0.6) is 5.75 Å². The number of rotatable bonds is 5. The number of benzene rings is 2. The van der Waals surface area contributed by atoms with Gasteiger partial charge in [-0.25, -0.2) is 9.48 Å². The average Bonchev–Trinajstić information content (AvgIpc) is 2.66. The van der Waals surface area contributed by atoms with Crippen molar-refractivity contribution in [3.05, 3.63) is 70.3 Å². The maximum atomic E-state index is 12.2. The number of hydrogen-bond acceptors (Lipinski definition) is 5. The van der Waals surface area contributed by atoms with Crippen molar-refractivity contribution in [2.75, 3.05) is 12.4 Å². The molecule has 138 valence electrons. The molecular formula is C20H20N4O3. The summed E-state index contributed by atoms with van der Waals surface area (Å²) in [5.74, 6) is 0.370. The van der Waals surface area contributed by atoms with Gasteiger partial charge in [0.05, 0.1) is 19.0 Å². The van der Waals surface area contributed by atoms with Gasteiger partial charge in [-0.15, -0.1) is 0 Å². The minimum absolute atomic E-state index is 0.207. The molecule has 7 heteroatoms. The molecule has 27 heavy (non-hydrogen) atoms. The van der Waals surface area contributed by atoms with Crippen LogP contribution in [-0.4, -0.2) is 27.8 Å². The third-order valence-corrected chi connectivity index (χ3v) is 4.23. The minimum Gasteiger partial charge on any atom is -0.497 e. The fourth-order valence-corrected chi connectivity index (χ4v) is 2.53. The van der Waals surface area contributed by atoms with Crippen LogP contribution in [0, 0.1) is 13.8 Å². The van der Waals surface area contributed by atoms with Gasteiger partial charge in [-0.3, -0.25) is 4.79 Å². The van der Waals surface area contributed by atoms with Crippen molar-refractivity contribution in [3.63, 3.8) is 0 Å². The van der Waals surface area contributed by atoms with E-state index in [1.165, 1.54) is 6.20 Å². The molecule has 0 bridgehead atoms. The molecule has 0 saturated carbocycles. The summed E-state index contributed by atoms with van der Waals surface area (Å²) in [6.45, 7) is 3.76. The predicted octanol–water partition coefficient (Wildman–Crippen LogP) is 2.57. The Bertz CT molecular complexity index is 1030. The molecule has 0 spiro atoms. The first-order chi connectivity index (χ1) is 13.0. The Kier molecular flexibility index (Phi) is 5.30. The Balaban J connectivity index is 1.72. The summed E-state index contributed by atoms with van der Waals surface area (Å²) < 4.78 is 6.14. The summed E-state index contributed by atoms with van der Waals surface area (Å²) in [5, 5.41) is 6.82. The lowest BCUT2D eigenvalue weighted by Crippen LogP contribution is -2.31. The van der Waals surface area contributed by atoms with E-state index in [1.807, 2.05) is 32.0 Å². The number of carbonyl (C=O) groups excluding carboxylic acids is 1. The molecule has 7 nitrogen and oxygen atoms in total. The van der Waals surface area contributed by atoms with Crippen LogP contribution in [0.1, 0.15) is 11.1 Å². The zero-order valence-corrected chi connectivity index (χ0v) is 15.4. The number of aromatic nitrogens is 3. The molecule has 0 aliphatic rings. The Hall–Kier alpha value is -3.48. The highest BCUT2D eigenvalue weighted by atomic mass is 16.5. The second-order valence-corrected chi connectivity index (χ2v) is 6.16. The monoisotopic (exact) mass is 364 g/mol. The third-order valence-electron chi connectivity index (χ3n) is 4.23. The van der Waals surface area contributed by atoms with Crippen molar-refractivity contribution in [1.82, 2.24) is 14.8 Å². The summed E-state index contributed by atoms with van der Waals surface area (Å²) in [6.07, 6.45) is 1.46. The molecule has 0 saturated heterocycles. The quantitative estimate of drug-likeness (QED) is 0.752. The van der Waals surface area contributed by atoms with Gasteiger partial charge in [0.2, 0.25) is 5.91 Å². The smallest absolute Gasteiger partial charge is 0.365 e. The van der Waals surface area contributed by atoms with Crippen molar-refractivity contribution in [2.45, 2.75) is 20.4 Å². The summed E-state index contributed by atoms with van der Waals surface area (Å²) in [6, 6.07) is 12.8. The molecule has 0 atom stereocenters. The maximum Gasteiger partial charge on any atom is 0.365 e. The lowest BCUT2D eigenvalue weighted by atomic mass is 10.1. The highest BCUT2D eigenvalue weighted by Gasteiger charge is 2.09. The number of hydrogen-bond donors (Lipinski definition) is 1. The molecule has 1 amide bonds. The molecule has 0 aliphatic heterocycles. The number of ether oxygens (including phenoxy) is 1. The highest BCUT2D eigenvalue weighted by molar-refractivity contribution is 5.90. The summed E-state index contributed by atoms with van der Waals surface area (Å²) >= 11 is 0. The number of anilines is 1. The molecule has 0 aliphatic carbocycles. The second-order valence-electron chi connectivity index (χ2n) is 6.16. The summed E-state index contributed by atoms with van der Waals surface area (Å²) in [7, 11) is 1.58. The minimum atomic E-state index is -0.585. The van der Waals surface area contributed by atoms with Crippen molar-refractivity contribution < 1.29 is 9.53 Å². The molecule has 0 fully saturated rings. The van der Waals surface area contributed by atoms with Crippen LogP contribution in [0.2, 0.25) is 0 Å². The van der Waals surface area contributed by atoms with Gasteiger partial charge >= 0.3 is 5.69 Å². The van der Waals surface area contributed by atoms with Crippen molar-refractivity contribution >= 4 is 11.6 Å². The lowest BCUT2D eigenvalue weighted by molar-refractivity contribution is -0.117. The fourth-order valence-electron chi connectivity index (χ4n) is 2.53. The Morgan fingerprint density at radius 1 is 1.11 bits per heavy atom. The van der Waals surface area contributed by atoms with Gasteiger partial charge in [0, 0.05) is 11.3 Å². The number of carbonyl (C=O) groups is 1. The SMILES string of the molecule is COc1ccc(-c2cnn(CC(=O)Nc3ccc(C)c(C)c3)c(=O)n2)cc1. The number of amides is 1. The third kappa shape index (κ3) is 4.38. The van der Waals surface area contributed by atoms with Crippen molar-refractivity contribution in [2.24, 2.45) is 0 Å². The van der Waals surface area contributed by atoms with Gasteiger partial charge in [0.1, 0.15) is 12.3 Å². The largest absolute Gasteiger partial charge is 0.497 e. The van der Waals surface area contributed by atoms with Crippen molar-refractivity contribution in [3.8, 4) is 17.0 Å². The standard InChI is InChI=1S/C20H20N4O3/c1-13-4-7-16(10-14(13)2)22-19(25)12-24-20(26)23-18(11-21-24)15-5-8-17(27-3)9-6-15/h4-11H,12H2,1-3H3,(H,22,25). The molecule has 0 unspecified atom stereocenters. The number of nitrogens with one attached hydrogen (secondary N) is 1. The first-order valence-electron chi connectivity index (χ1n) is 8.42. The van der Waals surface area contributed by atoms with Gasteiger partial charge < -0.3 is 10.1 Å². The number of methoxy groups -OCH3 is 1. The van der Waals surface area contributed by atoms with E-state index in [-0.39, 0.29) is 12.5 Å². The molecule has 1 aromatic heterocycles. The highest BCUT2D eigenvalue weighted by Crippen LogP contribution is 2.19. The molecule has 1 heterocycles. The van der Waals surface area contributed by atoms with Crippen LogP contribution in [0.3, 0.4) is 0 Å². The zero-order chi connectivity index (χ0) is 19.4. The molecular weight excluding hydrogens is 344 g/mol. The second kappa shape index (κ2) is 7.82. The van der Waals surface area contributed by atoms with Crippen molar-refractivity contribution in [1.29, 1.82) is 0 Å². The predicted molar refractivity (Wildman–Crippen MR) is 103 cm³/mol. The Labute approximate surface area is 156 Å². The fraction of sp³-hybridized carbons (Fsp3) is 0.200. The Morgan fingerprint density at radius 2 is 1.85 bits per heavy atom. The first-order valence-corrected chi connectivity index (χ1v) is 8.42. The molecule has 3 rings (SSSR count). The van der Waals surface area contributed by atoms with Crippen LogP contribution in [0.15, 0.2) is 53.5 Å². The van der Waals surface area contributed by atoms with Crippen LogP contribution < -0.4 is 15.7 Å². The average molecular weight is 364 g/mol. The topological polar surface area (TPSA) is 86.1 Å². The van der Waals surface area contributed by atoms with E-state index in [9.17, 15) is 9.59 Å². The zero-order valence-electron chi connectivity index (χ0n) is 15.4.